The second-order valence-corrected chi connectivity index (χ2v) is 6.67. The van der Waals surface area contributed by atoms with Crippen molar-refractivity contribution in [2.75, 3.05) is 33.0 Å². The van der Waals surface area contributed by atoms with Crippen LogP contribution in [0.25, 0.3) is 0 Å². The number of nitrogens with zero attached hydrogens (tertiary/aromatic N) is 1. The molecule has 3 rings (SSSR count). The lowest BCUT2D eigenvalue weighted by molar-refractivity contribution is 0.0936. The van der Waals surface area contributed by atoms with E-state index in [1.54, 1.807) is 25.3 Å². The van der Waals surface area contributed by atoms with Crippen LogP contribution < -0.4 is 15.8 Å². The maximum atomic E-state index is 12.4. The van der Waals surface area contributed by atoms with Crippen molar-refractivity contribution in [1.29, 1.82) is 0 Å². The van der Waals surface area contributed by atoms with Gasteiger partial charge in [0.15, 0.2) is 0 Å². The number of anilines is 1. The molecule has 1 aromatic carbocycles. The molecule has 5 heteroatoms. The monoisotopic (exact) mass is 337 g/mol. The van der Waals surface area contributed by atoms with Crippen LogP contribution in [0.4, 0.5) is 5.69 Å². The molecule has 2 fully saturated rings. The van der Waals surface area contributed by atoms with Gasteiger partial charge in [-0.25, -0.2) is 0 Å². The molecule has 1 saturated carbocycles. The number of nitrogens with one attached hydrogen (secondary N) is 1. The average Bonchev–Trinajstić information content (AvgIpc) is 2.98. The van der Waals surface area contributed by atoms with E-state index in [-0.39, 0.29) is 14.8 Å². The number of nitrogens with two attached hydrogens (primary N) is 1. The van der Waals surface area contributed by atoms with Crippen LogP contribution in [0.3, 0.4) is 0 Å². The molecule has 0 aromatic heterocycles. The normalized spacial score (nSPS) is 26.1. The molecule has 1 heterocycles. The average molecular weight is 338 g/mol. The largest absolute Gasteiger partial charge is 0.495 e. The molecule has 1 saturated heterocycles. The second kappa shape index (κ2) is 8.38. The van der Waals surface area contributed by atoms with Gasteiger partial charge in [-0.3, -0.25) is 4.79 Å². The van der Waals surface area contributed by atoms with Crippen LogP contribution in [0.1, 0.15) is 46.3 Å². The molecule has 5 nitrogen and oxygen atoms in total. The van der Waals surface area contributed by atoms with Crippen LogP contribution >= 0.6 is 0 Å². The minimum atomic E-state index is -0.0321. The zero-order valence-electron chi connectivity index (χ0n) is 15.3. The van der Waals surface area contributed by atoms with E-state index in [0.29, 0.717) is 17.0 Å². The molecule has 24 heavy (non-hydrogen) atoms. The molecule has 2 aliphatic rings. The van der Waals surface area contributed by atoms with E-state index in [2.05, 4.69) is 17.3 Å². The fraction of sp³-hybridized carbons (Fsp3) is 0.632. The molecule has 0 bridgehead atoms. The minimum absolute atomic E-state index is 0. The van der Waals surface area contributed by atoms with E-state index in [4.69, 9.17) is 10.5 Å². The number of piperidine rings is 1. The molecule has 1 aromatic rings. The fourth-order valence-corrected chi connectivity index (χ4v) is 3.91. The Bertz CT molecular complexity index is 572. The van der Waals surface area contributed by atoms with E-state index in [1.165, 1.54) is 13.0 Å². The van der Waals surface area contributed by atoms with Crippen molar-refractivity contribution in [1.82, 2.24) is 10.2 Å². The van der Waals surface area contributed by atoms with Crippen molar-refractivity contribution in [2.24, 2.45) is 11.8 Å². The van der Waals surface area contributed by atoms with Gasteiger partial charge in [-0.15, -0.1) is 0 Å². The molecule has 0 radical (unpaired) electrons. The topological polar surface area (TPSA) is 67.6 Å². The van der Waals surface area contributed by atoms with Crippen LogP contribution in [-0.2, 0) is 0 Å². The summed E-state index contributed by atoms with van der Waals surface area (Å²) in [6.07, 6.45) is 3.45. The summed E-state index contributed by atoms with van der Waals surface area (Å²) in [4.78, 5) is 14.8. The SMILES string of the molecule is CC.COc1cc(C(=O)N[C@@H]2C[C@H]3CCN(C)C[C@H]3C2)ccc1N.[HH].[HH]. The van der Waals surface area contributed by atoms with Gasteiger partial charge in [0.25, 0.3) is 5.91 Å². The zero-order valence-corrected chi connectivity index (χ0v) is 15.3. The Morgan fingerprint density at radius 3 is 2.75 bits per heavy atom. The number of hydrogen-bond acceptors (Lipinski definition) is 4. The lowest BCUT2D eigenvalue weighted by Crippen LogP contribution is -2.35. The molecule has 0 spiro atoms. The molecule has 3 N–H and O–H groups in total. The van der Waals surface area contributed by atoms with Crippen molar-refractivity contribution in [3.8, 4) is 5.75 Å². The highest BCUT2D eigenvalue weighted by atomic mass is 16.5. The number of rotatable bonds is 3. The van der Waals surface area contributed by atoms with Crippen LogP contribution in [0.5, 0.6) is 5.75 Å². The molecule has 138 valence electrons. The Morgan fingerprint density at radius 2 is 2.04 bits per heavy atom. The van der Waals surface area contributed by atoms with E-state index in [0.717, 1.165) is 31.2 Å². The smallest absolute Gasteiger partial charge is 0.251 e. The highest BCUT2D eigenvalue weighted by Gasteiger charge is 2.37. The van der Waals surface area contributed by atoms with E-state index in [9.17, 15) is 4.79 Å². The number of fused-ring (bicyclic) bond motifs is 1. The number of hydrogen-bond donors (Lipinski definition) is 2. The Labute approximate surface area is 148 Å². The van der Waals surface area contributed by atoms with Gasteiger partial charge in [-0.2, -0.15) is 0 Å². The second-order valence-electron chi connectivity index (χ2n) is 6.67. The van der Waals surface area contributed by atoms with Crippen LogP contribution in [0, 0.1) is 11.8 Å². The number of carbonyl (C=O) groups is 1. The van der Waals surface area contributed by atoms with Gasteiger partial charge in [0, 0.05) is 21.0 Å². The first-order chi connectivity index (χ1) is 11.6. The highest BCUT2D eigenvalue weighted by molar-refractivity contribution is 5.95. The van der Waals surface area contributed by atoms with Crippen LogP contribution in [0.15, 0.2) is 18.2 Å². The number of benzene rings is 1. The molecule has 1 aliphatic carbocycles. The predicted octanol–water partition coefficient (Wildman–Crippen LogP) is 3.26. The lowest BCUT2D eigenvalue weighted by atomic mass is 9.89. The number of likely N-dealkylation sites (tertiary alicyclic amines) is 1. The molecular weight excluding hydrogens is 302 g/mol. The molecule has 3 atom stereocenters. The summed E-state index contributed by atoms with van der Waals surface area (Å²) in [5.74, 6) is 2.01. The van der Waals surface area contributed by atoms with Gasteiger partial charge >= 0.3 is 0 Å². The van der Waals surface area contributed by atoms with Gasteiger partial charge in [0.05, 0.1) is 12.8 Å². The maximum Gasteiger partial charge on any atom is 0.251 e. The van der Waals surface area contributed by atoms with E-state index in [1.807, 2.05) is 13.8 Å². The summed E-state index contributed by atoms with van der Waals surface area (Å²) in [6, 6.07) is 5.47. The molecule has 1 amide bonds. The zero-order chi connectivity index (χ0) is 17.7. The summed E-state index contributed by atoms with van der Waals surface area (Å²) in [7, 11) is 3.74. The van der Waals surface area contributed by atoms with Gasteiger partial charge in [0.1, 0.15) is 5.75 Å². The number of nitrogen functional groups attached to an aromatic ring is 1. The summed E-state index contributed by atoms with van der Waals surface area (Å²) in [5.41, 5.74) is 6.95. The summed E-state index contributed by atoms with van der Waals surface area (Å²) in [6.45, 7) is 6.34. The molecule has 0 unspecified atom stereocenters. The third-order valence-corrected chi connectivity index (χ3v) is 5.10. The van der Waals surface area contributed by atoms with E-state index < -0.39 is 0 Å². The maximum absolute atomic E-state index is 12.4. The van der Waals surface area contributed by atoms with Crippen LogP contribution in [-0.4, -0.2) is 44.1 Å². The van der Waals surface area contributed by atoms with Gasteiger partial charge in [-0.05, 0) is 62.9 Å². The summed E-state index contributed by atoms with van der Waals surface area (Å²) in [5, 5.41) is 3.18. The third-order valence-electron chi connectivity index (χ3n) is 5.10. The fourth-order valence-electron chi connectivity index (χ4n) is 3.91. The standard InChI is InChI=1S/C17H25N3O2.C2H6.2H2/c1-20-6-5-11-7-14(8-13(11)10-20)19-17(21)12-3-4-15(18)16(9-12)22-2;1-2;;/h3-4,9,11,13-14H,5-8,10,18H2,1-2H3,(H,19,21);1-2H3;2*1H/t11-,13-,14-;;;/m1.../s1. The first kappa shape index (κ1) is 18.6. The number of methoxy groups -OCH3 is 1. The number of amides is 1. The number of ether oxygens (including phenoxy) is 1. The summed E-state index contributed by atoms with van der Waals surface area (Å²) >= 11 is 0. The first-order valence-corrected chi connectivity index (χ1v) is 8.99. The van der Waals surface area contributed by atoms with Gasteiger partial charge in [-0.1, -0.05) is 13.8 Å². The first-order valence-electron chi connectivity index (χ1n) is 8.99. The number of carbonyl (C=O) groups excluding carboxylic acids is 1. The Hall–Kier alpha value is -1.75. The molecular formula is C19H35N3O2. The Morgan fingerprint density at radius 1 is 1.33 bits per heavy atom. The van der Waals surface area contributed by atoms with Crippen molar-refractivity contribution >= 4 is 11.6 Å². The van der Waals surface area contributed by atoms with Crippen molar-refractivity contribution in [3.05, 3.63) is 23.8 Å². The molecule has 1 aliphatic heterocycles. The third kappa shape index (κ3) is 4.20. The van der Waals surface area contributed by atoms with Gasteiger partial charge in [0.2, 0.25) is 0 Å². The predicted molar refractivity (Wildman–Crippen MR) is 103 cm³/mol. The summed E-state index contributed by atoms with van der Waals surface area (Å²) < 4.78 is 5.18. The van der Waals surface area contributed by atoms with E-state index >= 15 is 0 Å². The lowest BCUT2D eigenvalue weighted by Gasteiger charge is -2.31. The Balaban J connectivity index is 0.00000151. The highest BCUT2D eigenvalue weighted by Crippen LogP contribution is 2.37. The van der Waals surface area contributed by atoms with Crippen molar-refractivity contribution in [3.63, 3.8) is 0 Å². The quantitative estimate of drug-likeness (QED) is 0.831. The van der Waals surface area contributed by atoms with Gasteiger partial charge < -0.3 is 20.7 Å². The minimum Gasteiger partial charge on any atom is -0.495 e. The Kier molecular flexibility index (Phi) is 6.49. The van der Waals surface area contributed by atoms with Crippen LogP contribution in [0.2, 0.25) is 0 Å². The van der Waals surface area contributed by atoms with Crippen molar-refractivity contribution < 1.29 is 12.4 Å². The van der Waals surface area contributed by atoms with Crippen molar-refractivity contribution in [2.45, 2.75) is 39.2 Å².